The summed E-state index contributed by atoms with van der Waals surface area (Å²) >= 11 is 13.7. The maximum atomic E-state index is 14.8. The molecule has 0 saturated heterocycles. The monoisotopic (exact) mass is 464 g/mol. The third kappa shape index (κ3) is 2.56. The first kappa shape index (κ1) is 21.0. The van der Waals surface area contributed by atoms with Crippen molar-refractivity contribution in [1.82, 2.24) is 0 Å². The first-order valence-corrected chi connectivity index (χ1v) is 9.97. The highest BCUT2D eigenvalue weighted by Gasteiger charge is 2.80. The van der Waals surface area contributed by atoms with Gasteiger partial charge in [0.1, 0.15) is 0 Å². The minimum Gasteiger partial charge on any atom is -0.194 e. The predicted octanol–water partition coefficient (Wildman–Crippen LogP) is 8.18. The topological polar surface area (TPSA) is 0 Å². The summed E-state index contributed by atoms with van der Waals surface area (Å²) in [5, 5.41) is 0. The second-order valence-corrected chi connectivity index (χ2v) is 9.99. The molecule has 0 aromatic carbocycles. The Hall–Kier alpha value is -0.700. The molecule has 0 fully saturated rings. The molecule has 27 heavy (non-hydrogen) atoms. The molecule has 0 spiro atoms. The summed E-state index contributed by atoms with van der Waals surface area (Å²) in [6.45, 7) is 5.45. The Morgan fingerprint density at radius 2 is 0.926 bits per heavy atom. The summed E-state index contributed by atoms with van der Waals surface area (Å²) in [7, 11) is 0. The molecule has 2 heterocycles. The molecule has 2 aromatic rings. The van der Waals surface area contributed by atoms with Crippen LogP contribution in [0.1, 0.15) is 32.0 Å². The molecule has 0 N–H and O–H groups in total. The molecule has 148 valence electrons. The number of rotatable bonds is 2. The minimum atomic E-state index is -5.59. The van der Waals surface area contributed by atoms with Crippen LogP contribution < -0.4 is 0 Å². The van der Waals surface area contributed by atoms with Gasteiger partial charge in [-0.15, -0.1) is 22.7 Å². The lowest BCUT2D eigenvalue weighted by Gasteiger charge is -2.26. The van der Waals surface area contributed by atoms with Crippen molar-refractivity contribution in [2.75, 3.05) is 0 Å². The van der Waals surface area contributed by atoms with Gasteiger partial charge in [0.15, 0.2) is 0 Å². The fourth-order valence-corrected chi connectivity index (χ4v) is 6.01. The first-order chi connectivity index (χ1) is 12.2. The van der Waals surface area contributed by atoms with E-state index in [1.165, 1.54) is 27.7 Å². The van der Waals surface area contributed by atoms with Gasteiger partial charge in [0, 0.05) is 32.0 Å². The smallest absolute Gasteiger partial charge is 0.194 e. The van der Waals surface area contributed by atoms with Crippen molar-refractivity contribution in [2.24, 2.45) is 0 Å². The highest BCUT2D eigenvalue weighted by atomic mass is 35.5. The predicted molar refractivity (Wildman–Crippen MR) is 99.3 cm³/mol. The van der Waals surface area contributed by atoms with Gasteiger partial charge in [0.2, 0.25) is 0 Å². The van der Waals surface area contributed by atoms with Gasteiger partial charge >= 0.3 is 17.8 Å². The van der Waals surface area contributed by atoms with E-state index in [0.717, 1.165) is 22.7 Å². The Balaban J connectivity index is 2.55. The Morgan fingerprint density at radius 1 is 0.630 bits per heavy atom. The molecule has 0 unspecified atom stereocenters. The van der Waals surface area contributed by atoms with Gasteiger partial charge in [-0.05, 0) is 38.8 Å². The van der Waals surface area contributed by atoms with Crippen LogP contribution in [0.3, 0.4) is 0 Å². The quantitative estimate of drug-likeness (QED) is 0.393. The highest BCUT2D eigenvalue weighted by Crippen LogP contribution is 2.66. The summed E-state index contributed by atoms with van der Waals surface area (Å²) in [6.07, 6.45) is 0. The van der Waals surface area contributed by atoms with E-state index in [1.807, 2.05) is 0 Å². The van der Waals surface area contributed by atoms with Gasteiger partial charge in [-0.3, -0.25) is 0 Å². The molecule has 0 nitrogen and oxygen atoms in total. The van der Waals surface area contributed by atoms with E-state index >= 15 is 0 Å². The number of aryl methyl sites for hydroxylation is 2. The van der Waals surface area contributed by atoms with Crippen LogP contribution in [-0.4, -0.2) is 17.8 Å². The molecule has 0 saturated carbocycles. The van der Waals surface area contributed by atoms with E-state index in [1.54, 1.807) is 0 Å². The van der Waals surface area contributed by atoms with Crippen molar-refractivity contribution in [3.63, 3.8) is 0 Å². The minimum absolute atomic E-state index is 0.0662. The maximum absolute atomic E-state index is 14.8. The van der Waals surface area contributed by atoms with E-state index in [4.69, 9.17) is 23.2 Å². The van der Waals surface area contributed by atoms with E-state index < -0.39 is 28.9 Å². The molecule has 0 aliphatic heterocycles. The van der Waals surface area contributed by atoms with Gasteiger partial charge in [0.05, 0.1) is 8.67 Å². The van der Waals surface area contributed by atoms with Gasteiger partial charge in [-0.2, -0.15) is 26.3 Å². The molecular formula is C17H12Cl2F6S2. The van der Waals surface area contributed by atoms with Crippen LogP contribution in [0.5, 0.6) is 0 Å². The van der Waals surface area contributed by atoms with Crippen LogP contribution in [0, 0.1) is 27.7 Å². The van der Waals surface area contributed by atoms with E-state index in [9.17, 15) is 26.3 Å². The highest BCUT2D eigenvalue weighted by molar-refractivity contribution is 7.17. The zero-order chi connectivity index (χ0) is 20.7. The molecule has 10 heteroatoms. The number of halogens is 8. The van der Waals surface area contributed by atoms with E-state index in [0.29, 0.717) is 0 Å². The Labute approximate surface area is 169 Å². The summed E-state index contributed by atoms with van der Waals surface area (Å²) in [6, 6.07) is 0. The molecule has 3 rings (SSSR count). The van der Waals surface area contributed by atoms with Crippen molar-refractivity contribution < 1.29 is 26.3 Å². The lowest BCUT2D eigenvalue weighted by molar-refractivity contribution is -0.254. The van der Waals surface area contributed by atoms with E-state index in [-0.39, 0.29) is 40.7 Å². The van der Waals surface area contributed by atoms with Crippen LogP contribution in [0.25, 0.3) is 11.1 Å². The first-order valence-electron chi connectivity index (χ1n) is 7.58. The van der Waals surface area contributed by atoms with Crippen molar-refractivity contribution in [3.05, 3.63) is 40.7 Å². The second kappa shape index (κ2) is 6.15. The van der Waals surface area contributed by atoms with Crippen LogP contribution >= 0.6 is 45.9 Å². The van der Waals surface area contributed by atoms with Crippen molar-refractivity contribution in [3.8, 4) is 0 Å². The number of allylic oxidation sites excluding steroid dienone is 2. The molecule has 0 amide bonds. The fraction of sp³-hybridized carbons (Fsp3) is 0.412. The van der Waals surface area contributed by atoms with Crippen LogP contribution in [0.4, 0.5) is 26.3 Å². The number of alkyl halides is 6. The van der Waals surface area contributed by atoms with Crippen LogP contribution in [0.2, 0.25) is 8.67 Å². The van der Waals surface area contributed by atoms with Gasteiger partial charge in [0.25, 0.3) is 0 Å². The van der Waals surface area contributed by atoms with Crippen molar-refractivity contribution in [2.45, 2.75) is 45.5 Å². The molecule has 0 radical (unpaired) electrons. The standard InChI is InChI=1S/C17H12Cl2F6S2/c1-5-9(7(3)26-13(5)18)11-12(10-6(2)14(19)27-8(10)4)16(22,23)17(24,25)15(11,20)21/h1-4H3. The zero-order valence-corrected chi connectivity index (χ0v) is 17.5. The normalized spacial score (nSPS) is 20.6. The van der Waals surface area contributed by atoms with Gasteiger partial charge < -0.3 is 0 Å². The third-order valence-corrected chi connectivity index (χ3v) is 7.72. The molecular weight excluding hydrogens is 453 g/mol. The zero-order valence-electron chi connectivity index (χ0n) is 14.3. The lowest BCUT2D eigenvalue weighted by atomic mass is 9.92. The maximum Gasteiger partial charge on any atom is 0.380 e. The van der Waals surface area contributed by atoms with Gasteiger partial charge in [-0.25, -0.2) is 0 Å². The van der Waals surface area contributed by atoms with Crippen LogP contribution in [0.15, 0.2) is 0 Å². The molecule has 1 aliphatic carbocycles. The van der Waals surface area contributed by atoms with E-state index in [2.05, 4.69) is 0 Å². The number of hydrogen-bond donors (Lipinski definition) is 0. The number of hydrogen-bond acceptors (Lipinski definition) is 2. The molecule has 2 aromatic heterocycles. The SMILES string of the molecule is Cc1sc(Cl)c(C)c1C1=C(c2c(C)sc(Cl)c2C)C(F)(F)C(F)(F)C1(F)F. The molecule has 0 bridgehead atoms. The van der Waals surface area contributed by atoms with Crippen LogP contribution in [-0.2, 0) is 0 Å². The molecule has 1 aliphatic rings. The Bertz CT molecular complexity index is 908. The third-order valence-electron chi connectivity index (χ3n) is 4.70. The fourth-order valence-electron chi connectivity index (χ4n) is 3.36. The number of thiophene rings is 2. The largest absolute Gasteiger partial charge is 0.380 e. The molecule has 0 atom stereocenters. The second-order valence-electron chi connectivity index (χ2n) is 6.34. The lowest BCUT2D eigenvalue weighted by Crippen LogP contribution is -2.49. The summed E-state index contributed by atoms with van der Waals surface area (Å²) < 4.78 is 87.9. The van der Waals surface area contributed by atoms with Crippen molar-refractivity contribution >= 4 is 57.0 Å². The summed E-state index contributed by atoms with van der Waals surface area (Å²) in [4.78, 5) is 0.324. The Morgan fingerprint density at radius 3 is 1.15 bits per heavy atom. The summed E-state index contributed by atoms with van der Waals surface area (Å²) in [5.41, 5.74) is -3.34. The summed E-state index contributed by atoms with van der Waals surface area (Å²) in [5.74, 6) is -15.8. The average Bonchev–Trinajstić information content (AvgIpc) is 2.95. The Kier molecular flexibility index (Phi) is 4.79. The average molecular weight is 465 g/mol. The van der Waals surface area contributed by atoms with Crippen molar-refractivity contribution in [1.29, 1.82) is 0 Å². The van der Waals surface area contributed by atoms with Gasteiger partial charge in [-0.1, -0.05) is 23.2 Å².